The Labute approximate surface area is 137 Å². The minimum atomic E-state index is 0.150. The minimum absolute atomic E-state index is 0.150. The molecule has 0 amide bonds. The lowest BCUT2D eigenvalue weighted by molar-refractivity contribution is 0.242. The normalized spacial score (nSPS) is 18.9. The van der Waals surface area contributed by atoms with E-state index >= 15 is 0 Å². The summed E-state index contributed by atoms with van der Waals surface area (Å²) in [5.41, 5.74) is 15.8. The topological polar surface area (TPSA) is 123 Å². The fourth-order valence-electron chi connectivity index (χ4n) is 3.10. The second kappa shape index (κ2) is 5.43. The van der Waals surface area contributed by atoms with Gasteiger partial charge < -0.3 is 16.5 Å². The number of thiazole rings is 1. The summed E-state index contributed by atoms with van der Waals surface area (Å²) in [6, 6.07) is 0.228. The van der Waals surface area contributed by atoms with Gasteiger partial charge in [0.1, 0.15) is 11.3 Å². The third kappa shape index (κ3) is 2.51. The lowest BCUT2D eigenvalue weighted by atomic mass is 10.2. The van der Waals surface area contributed by atoms with E-state index in [1.807, 2.05) is 5.51 Å². The van der Waals surface area contributed by atoms with Crippen LogP contribution in [-0.2, 0) is 6.54 Å². The first-order chi connectivity index (χ1) is 11.1. The lowest BCUT2D eigenvalue weighted by Crippen LogP contribution is -2.23. The first-order valence-corrected chi connectivity index (χ1v) is 8.41. The number of nitrogens with two attached hydrogens (primary N) is 2. The van der Waals surface area contributed by atoms with Gasteiger partial charge in [-0.05, 0) is 26.3 Å². The third-order valence-electron chi connectivity index (χ3n) is 4.29. The molecule has 0 aromatic carbocycles. The molecule has 3 aromatic heterocycles. The second-order valence-electron chi connectivity index (χ2n) is 5.78. The average Bonchev–Trinajstić information content (AvgIpc) is 3.19. The van der Waals surface area contributed by atoms with E-state index in [1.54, 1.807) is 11.3 Å². The smallest absolute Gasteiger partial charge is 0.224 e. The van der Waals surface area contributed by atoms with Gasteiger partial charge in [-0.25, -0.2) is 9.97 Å². The van der Waals surface area contributed by atoms with Gasteiger partial charge in [-0.15, -0.1) is 11.3 Å². The Morgan fingerprint density at radius 2 is 2.22 bits per heavy atom. The summed E-state index contributed by atoms with van der Waals surface area (Å²) >= 11 is 1.70. The van der Waals surface area contributed by atoms with Gasteiger partial charge in [0.25, 0.3) is 0 Å². The lowest BCUT2D eigenvalue weighted by Gasteiger charge is -2.22. The van der Waals surface area contributed by atoms with Gasteiger partial charge in [0, 0.05) is 11.4 Å². The van der Waals surface area contributed by atoms with Crippen molar-refractivity contribution in [3.05, 3.63) is 21.9 Å². The van der Waals surface area contributed by atoms with Crippen LogP contribution in [-0.4, -0.2) is 36.4 Å². The summed E-state index contributed by atoms with van der Waals surface area (Å²) < 4.78 is 0. The van der Waals surface area contributed by atoms with Crippen molar-refractivity contribution in [3.8, 4) is 0 Å². The molecule has 0 saturated carbocycles. The highest BCUT2D eigenvalue weighted by Gasteiger charge is 2.29. The molecule has 1 unspecified atom stereocenters. The monoisotopic (exact) mass is 330 g/mol. The van der Waals surface area contributed by atoms with Crippen molar-refractivity contribution in [2.75, 3.05) is 18.0 Å². The van der Waals surface area contributed by atoms with E-state index in [1.165, 1.54) is 4.88 Å². The van der Waals surface area contributed by atoms with Crippen LogP contribution in [0.25, 0.3) is 11.2 Å². The Hall–Kier alpha value is -2.26. The summed E-state index contributed by atoms with van der Waals surface area (Å²) in [5, 5.41) is 0. The molecule has 120 valence electrons. The summed E-state index contributed by atoms with van der Waals surface area (Å²) in [5.74, 6) is 1.37. The Morgan fingerprint density at radius 1 is 1.35 bits per heavy atom. The minimum Gasteiger partial charge on any atom is -0.382 e. The fourth-order valence-corrected chi connectivity index (χ4v) is 3.90. The number of imidazole rings is 1. The van der Waals surface area contributed by atoms with E-state index in [0.29, 0.717) is 17.0 Å². The van der Waals surface area contributed by atoms with E-state index in [4.69, 9.17) is 11.5 Å². The van der Waals surface area contributed by atoms with E-state index in [0.717, 1.165) is 37.4 Å². The van der Waals surface area contributed by atoms with Crippen molar-refractivity contribution in [1.82, 2.24) is 29.8 Å². The zero-order valence-corrected chi connectivity index (χ0v) is 13.6. The Bertz CT molecular complexity index is 854. The number of nitrogen functional groups attached to an aromatic ring is 2. The predicted molar refractivity (Wildman–Crippen MR) is 89.7 cm³/mol. The van der Waals surface area contributed by atoms with Crippen molar-refractivity contribution in [2.24, 2.45) is 0 Å². The molecular weight excluding hydrogens is 312 g/mol. The highest BCUT2D eigenvalue weighted by Crippen LogP contribution is 2.34. The molecule has 1 atom stereocenters. The van der Waals surface area contributed by atoms with E-state index in [2.05, 4.69) is 36.7 Å². The largest absolute Gasteiger partial charge is 0.382 e. The van der Waals surface area contributed by atoms with E-state index < -0.39 is 0 Å². The molecule has 1 aliphatic heterocycles. The fraction of sp³-hybridized carbons (Fsp3) is 0.429. The highest BCUT2D eigenvalue weighted by molar-refractivity contribution is 7.09. The Morgan fingerprint density at radius 3 is 3.00 bits per heavy atom. The molecule has 1 saturated heterocycles. The number of hydrogen-bond acceptors (Lipinski definition) is 8. The van der Waals surface area contributed by atoms with Gasteiger partial charge >= 0.3 is 0 Å². The van der Waals surface area contributed by atoms with Gasteiger partial charge in [-0.1, -0.05) is 0 Å². The summed E-state index contributed by atoms with van der Waals surface area (Å²) in [4.78, 5) is 24.1. The molecule has 0 spiro atoms. The number of rotatable bonds is 3. The van der Waals surface area contributed by atoms with Crippen LogP contribution in [0.15, 0.2) is 5.51 Å². The highest BCUT2D eigenvalue weighted by atomic mass is 32.1. The number of H-pyrrole nitrogens is 1. The summed E-state index contributed by atoms with van der Waals surface area (Å²) in [6.45, 7) is 3.99. The van der Waals surface area contributed by atoms with Crippen LogP contribution >= 0.6 is 11.3 Å². The zero-order valence-electron chi connectivity index (χ0n) is 12.8. The molecule has 23 heavy (non-hydrogen) atoms. The molecule has 4 rings (SSSR count). The van der Waals surface area contributed by atoms with Gasteiger partial charge in [0.2, 0.25) is 5.95 Å². The molecular formula is C14H18N8S. The Kier molecular flexibility index (Phi) is 3.38. The summed E-state index contributed by atoms with van der Waals surface area (Å²) in [6.07, 6.45) is 2.20. The first kappa shape index (κ1) is 14.3. The van der Waals surface area contributed by atoms with Crippen molar-refractivity contribution in [1.29, 1.82) is 0 Å². The van der Waals surface area contributed by atoms with E-state index in [-0.39, 0.29) is 12.0 Å². The van der Waals surface area contributed by atoms with E-state index in [9.17, 15) is 0 Å². The van der Waals surface area contributed by atoms with Crippen LogP contribution in [0.2, 0.25) is 0 Å². The quantitative estimate of drug-likeness (QED) is 0.666. The number of likely N-dealkylation sites (tertiary alicyclic amines) is 1. The van der Waals surface area contributed by atoms with Crippen molar-refractivity contribution >= 4 is 34.3 Å². The van der Waals surface area contributed by atoms with Crippen LogP contribution < -0.4 is 11.5 Å². The number of hydrogen-bond donors (Lipinski definition) is 3. The average molecular weight is 330 g/mol. The van der Waals surface area contributed by atoms with Gasteiger partial charge in [0.15, 0.2) is 11.5 Å². The molecule has 3 aromatic rings. The zero-order chi connectivity index (χ0) is 16.0. The molecule has 9 heteroatoms. The number of nitrogens with zero attached hydrogens (tertiary/aromatic N) is 5. The third-order valence-corrected chi connectivity index (χ3v) is 5.21. The van der Waals surface area contributed by atoms with Gasteiger partial charge in [-0.2, -0.15) is 9.97 Å². The number of aryl methyl sites for hydroxylation is 1. The van der Waals surface area contributed by atoms with Crippen LogP contribution in [0.3, 0.4) is 0 Å². The first-order valence-electron chi connectivity index (χ1n) is 7.53. The molecule has 0 aliphatic carbocycles. The van der Waals surface area contributed by atoms with Gasteiger partial charge in [0.05, 0.1) is 17.2 Å². The number of nitrogens with one attached hydrogen (secondary N) is 1. The number of aromatic nitrogens is 5. The van der Waals surface area contributed by atoms with Crippen molar-refractivity contribution in [2.45, 2.75) is 32.4 Å². The number of anilines is 2. The second-order valence-corrected chi connectivity index (χ2v) is 6.72. The molecule has 0 bridgehead atoms. The maximum Gasteiger partial charge on any atom is 0.224 e. The summed E-state index contributed by atoms with van der Waals surface area (Å²) in [7, 11) is 0. The van der Waals surface area contributed by atoms with Crippen molar-refractivity contribution < 1.29 is 0 Å². The number of fused-ring (bicyclic) bond motifs is 1. The molecule has 0 radical (unpaired) electrons. The molecule has 5 N–H and O–H groups in total. The SMILES string of the molecule is Cc1ncsc1CN1CCCC1c1nc2nc(N)nc(N)c2[nH]1. The van der Waals surface area contributed by atoms with Crippen LogP contribution in [0.5, 0.6) is 0 Å². The number of aromatic amines is 1. The van der Waals surface area contributed by atoms with Crippen LogP contribution in [0, 0.1) is 6.92 Å². The molecule has 1 aliphatic rings. The predicted octanol–water partition coefficient (Wildman–Crippen LogP) is 1.62. The van der Waals surface area contributed by atoms with Crippen LogP contribution in [0.1, 0.15) is 35.3 Å². The maximum atomic E-state index is 5.91. The van der Waals surface area contributed by atoms with Crippen LogP contribution in [0.4, 0.5) is 11.8 Å². The van der Waals surface area contributed by atoms with Gasteiger partial charge in [-0.3, -0.25) is 4.90 Å². The molecule has 8 nitrogen and oxygen atoms in total. The standard InChI is InChI=1S/C14H18N8S/c1-7-9(23-6-17-7)5-22-4-2-3-8(22)12-18-10-11(15)19-14(16)21-13(10)20-12/h6,8H,2-5H2,1H3,(H5,15,16,18,19,20,21). The maximum absolute atomic E-state index is 5.91. The van der Waals surface area contributed by atoms with Crippen molar-refractivity contribution in [3.63, 3.8) is 0 Å². The molecule has 4 heterocycles. The molecule has 1 fully saturated rings. The Balaban J connectivity index is 1.66.